The van der Waals surface area contributed by atoms with Crippen LogP contribution in [0.4, 0.5) is 10.1 Å². The van der Waals surface area contributed by atoms with Crippen molar-refractivity contribution in [2.45, 2.75) is 13.1 Å². The van der Waals surface area contributed by atoms with Crippen LogP contribution in [0.1, 0.15) is 21.5 Å². The van der Waals surface area contributed by atoms with Crippen LogP contribution in [0.15, 0.2) is 70.1 Å². The summed E-state index contributed by atoms with van der Waals surface area (Å²) in [6.45, 7) is 0.706. The highest BCUT2D eigenvalue weighted by Crippen LogP contribution is 2.19. The molecule has 2 N–H and O–H groups in total. The summed E-state index contributed by atoms with van der Waals surface area (Å²) >= 11 is 3.32. The summed E-state index contributed by atoms with van der Waals surface area (Å²) in [4.78, 5) is 23.4. The summed E-state index contributed by atoms with van der Waals surface area (Å²) in [6.07, 6.45) is 1.65. The Bertz CT molecular complexity index is 1030. The van der Waals surface area contributed by atoms with Gasteiger partial charge in [0, 0.05) is 12.7 Å². The van der Waals surface area contributed by atoms with E-state index in [1.165, 1.54) is 28.8 Å². The number of halogens is 2. The van der Waals surface area contributed by atoms with Gasteiger partial charge in [-0.1, -0.05) is 24.3 Å². The van der Waals surface area contributed by atoms with Crippen LogP contribution in [0.3, 0.4) is 0 Å². The van der Waals surface area contributed by atoms with E-state index in [1.807, 2.05) is 0 Å². The summed E-state index contributed by atoms with van der Waals surface area (Å²) in [5.41, 5.74) is 2.20. The van der Waals surface area contributed by atoms with Crippen LogP contribution >= 0.6 is 15.9 Å². The van der Waals surface area contributed by atoms with Gasteiger partial charge in [0.25, 0.3) is 5.56 Å². The van der Waals surface area contributed by atoms with Crippen LogP contribution in [-0.2, 0) is 13.1 Å². The zero-order valence-electron chi connectivity index (χ0n) is 14.2. The number of nitrogens with one attached hydrogen (secondary N) is 1. The second-order valence-corrected chi connectivity index (χ2v) is 6.75. The van der Waals surface area contributed by atoms with Crippen molar-refractivity contribution in [3.05, 3.63) is 98.1 Å². The number of hydrogen-bond acceptors (Lipinski definition) is 3. The third-order valence-electron chi connectivity index (χ3n) is 4.03. The van der Waals surface area contributed by atoms with E-state index >= 15 is 0 Å². The maximum atomic E-state index is 13.3. The van der Waals surface area contributed by atoms with Crippen molar-refractivity contribution in [1.82, 2.24) is 4.57 Å². The lowest BCUT2D eigenvalue weighted by molar-refractivity contribution is 0.0697. The zero-order valence-corrected chi connectivity index (χ0v) is 15.7. The van der Waals surface area contributed by atoms with Crippen molar-refractivity contribution in [1.29, 1.82) is 0 Å². The predicted molar refractivity (Wildman–Crippen MR) is 105 cm³/mol. The minimum absolute atomic E-state index is 0.222. The van der Waals surface area contributed by atoms with Crippen LogP contribution in [0.25, 0.3) is 0 Å². The quantitative estimate of drug-likeness (QED) is 0.617. The fourth-order valence-electron chi connectivity index (χ4n) is 2.60. The molecule has 0 fully saturated rings. The smallest absolute Gasteiger partial charge is 0.335 e. The topological polar surface area (TPSA) is 71.3 Å². The zero-order chi connectivity index (χ0) is 19.4. The molecular weight excluding hydrogens is 415 g/mol. The van der Waals surface area contributed by atoms with Gasteiger partial charge in [0.1, 0.15) is 10.3 Å². The van der Waals surface area contributed by atoms with E-state index in [0.29, 0.717) is 22.3 Å². The summed E-state index contributed by atoms with van der Waals surface area (Å²) in [5, 5.41) is 12.1. The largest absolute Gasteiger partial charge is 0.478 e. The highest BCUT2D eigenvalue weighted by Gasteiger charge is 2.09. The van der Waals surface area contributed by atoms with Crippen molar-refractivity contribution < 1.29 is 14.3 Å². The minimum Gasteiger partial charge on any atom is -0.478 e. The third-order valence-corrected chi connectivity index (χ3v) is 4.80. The lowest BCUT2D eigenvalue weighted by atomic mass is 10.1. The van der Waals surface area contributed by atoms with Gasteiger partial charge in [-0.2, -0.15) is 0 Å². The summed E-state index contributed by atoms with van der Waals surface area (Å²) in [7, 11) is 0. The van der Waals surface area contributed by atoms with E-state index in [0.717, 1.165) is 5.56 Å². The number of carboxylic acids is 1. The van der Waals surface area contributed by atoms with Gasteiger partial charge >= 0.3 is 5.97 Å². The molecule has 0 bridgehead atoms. The molecule has 0 saturated carbocycles. The number of aromatic carboxylic acids is 1. The SMILES string of the molecule is O=C(O)c1ccc(CNc2ccn(Cc3cccc(F)c3)c(=O)c2Br)cc1. The number of hydrogen-bond donors (Lipinski definition) is 2. The molecule has 0 aliphatic carbocycles. The Hall–Kier alpha value is -2.93. The summed E-state index contributed by atoms with van der Waals surface area (Å²) in [6, 6.07) is 14.4. The van der Waals surface area contributed by atoms with Crippen LogP contribution in [0.2, 0.25) is 0 Å². The van der Waals surface area contributed by atoms with Gasteiger partial charge in [-0.3, -0.25) is 4.79 Å². The number of carboxylic acid groups (broad SMARTS) is 1. The Kier molecular flexibility index (Phi) is 5.71. The van der Waals surface area contributed by atoms with Crippen LogP contribution in [-0.4, -0.2) is 15.6 Å². The fourth-order valence-corrected chi connectivity index (χ4v) is 3.10. The Balaban J connectivity index is 1.73. The monoisotopic (exact) mass is 430 g/mol. The molecule has 3 rings (SSSR count). The van der Waals surface area contributed by atoms with E-state index < -0.39 is 5.97 Å². The first-order chi connectivity index (χ1) is 12.9. The number of benzene rings is 2. The van der Waals surface area contributed by atoms with E-state index in [9.17, 15) is 14.0 Å². The predicted octanol–water partition coefficient (Wildman–Crippen LogP) is 4.11. The molecule has 1 aromatic heterocycles. The normalized spacial score (nSPS) is 10.6. The second kappa shape index (κ2) is 8.18. The Morgan fingerprint density at radius 1 is 1.11 bits per heavy atom. The Morgan fingerprint density at radius 3 is 2.52 bits per heavy atom. The van der Waals surface area contributed by atoms with Gasteiger partial charge in [-0.15, -0.1) is 0 Å². The van der Waals surface area contributed by atoms with Gasteiger partial charge in [-0.05, 0) is 57.4 Å². The minimum atomic E-state index is -0.973. The number of aromatic nitrogens is 1. The van der Waals surface area contributed by atoms with Crippen molar-refractivity contribution in [3.8, 4) is 0 Å². The molecular formula is C20H16BrFN2O3. The van der Waals surface area contributed by atoms with Crippen molar-refractivity contribution in [3.63, 3.8) is 0 Å². The average molecular weight is 431 g/mol. The molecule has 138 valence electrons. The Morgan fingerprint density at radius 2 is 1.85 bits per heavy atom. The molecule has 7 heteroatoms. The summed E-state index contributed by atoms with van der Waals surface area (Å²) in [5.74, 6) is -1.31. The first kappa shape index (κ1) is 18.8. The van der Waals surface area contributed by atoms with Crippen molar-refractivity contribution in [2.24, 2.45) is 0 Å². The lowest BCUT2D eigenvalue weighted by Gasteiger charge is -2.12. The molecule has 0 spiro atoms. The molecule has 0 radical (unpaired) electrons. The third kappa shape index (κ3) is 4.62. The van der Waals surface area contributed by atoms with Crippen LogP contribution < -0.4 is 10.9 Å². The van der Waals surface area contributed by atoms with Gasteiger partial charge < -0.3 is 15.0 Å². The number of nitrogens with zero attached hydrogens (tertiary/aromatic N) is 1. The number of anilines is 1. The number of rotatable bonds is 6. The molecule has 27 heavy (non-hydrogen) atoms. The number of pyridine rings is 1. The molecule has 0 unspecified atom stereocenters. The maximum Gasteiger partial charge on any atom is 0.335 e. The molecule has 0 aliphatic rings. The molecule has 0 atom stereocenters. The second-order valence-electron chi connectivity index (χ2n) is 5.96. The maximum absolute atomic E-state index is 13.3. The molecule has 0 saturated heterocycles. The van der Waals surface area contributed by atoms with Gasteiger partial charge in [0.2, 0.25) is 0 Å². The van der Waals surface area contributed by atoms with Crippen LogP contribution in [0.5, 0.6) is 0 Å². The average Bonchev–Trinajstić information content (AvgIpc) is 2.65. The lowest BCUT2D eigenvalue weighted by Crippen LogP contribution is -2.22. The molecule has 1 heterocycles. The number of carbonyl (C=O) groups is 1. The first-order valence-corrected chi connectivity index (χ1v) is 8.93. The van der Waals surface area contributed by atoms with Gasteiger partial charge in [-0.25, -0.2) is 9.18 Å². The molecule has 2 aromatic carbocycles. The van der Waals surface area contributed by atoms with Gasteiger partial charge in [0.15, 0.2) is 0 Å². The first-order valence-electron chi connectivity index (χ1n) is 8.13. The van der Waals surface area contributed by atoms with Crippen molar-refractivity contribution >= 4 is 27.6 Å². The van der Waals surface area contributed by atoms with Crippen molar-refractivity contribution in [2.75, 3.05) is 5.32 Å². The van der Waals surface area contributed by atoms with E-state index in [4.69, 9.17) is 5.11 Å². The highest BCUT2D eigenvalue weighted by atomic mass is 79.9. The molecule has 5 nitrogen and oxygen atoms in total. The van der Waals surface area contributed by atoms with E-state index in [2.05, 4.69) is 21.2 Å². The Labute approximate surface area is 163 Å². The molecule has 3 aromatic rings. The standard InChI is InChI=1S/C20H16BrFN2O3/c21-18-17(23-11-13-4-6-15(7-5-13)20(26)27)8-9-24(19(18)25)12-14-2-1-3-16(22)10-14/h1-10,23H,11-12H2,(H,26,27). The fraction of sp³-hybridized carbons (Fsp3) is 0.100. The van der Waals surface area contributed by atoms with Crippen LogP contribution in [0, 0.1) is 5.82 Å². The van der Waals surface area contributed by atoms with E-state index in [1.54, 1.807) is 36.5 Å². The van der Waals surface area contributed by atoms with Gasteiger partial charge in [0.05, 0.1) is 17.8 Å². The summed E-state index contributed by atoms with van der Waals surface area (Å²) < 4.78 is 15.2. The highest BCUT2D eigenvalue weighted by molar-refractivity contribution is 9.10. The molecule has 0 amide bonds. The van der Waals surface area contributed by atoms with E-state index in [-0.39, 0.29) is 23.5 Å². The molecule has 0 aliphatic heterocycles.